The lowest BCUT2D eigenvalue weighted by Crippen LogP contribution is -2.23. The molecule has 0 bridgehead atoms. The zero-order chi connectivity index (χ0) is 12.8. The fraction of sp³-hybridized carbons (Fsp3) is 0.533. The second-order valence-electron chi connectivity index (χ2n) is 4.89. The lowest BCUT2D eigenvalue weighted by Gasteiger charge is -2.19. The van der Waals surface area contributed by atoms with Crippen LogP contribution in [0.5, 0.6) is 0 Å². The highest BCUT2D eigenvalue weighted by molar-refractivity contribution is 5.60. The van der Waals surface area contributed by atoms with E-state index in [9.17, 15) is 0 Å². The van der Waals surface area contributed by atoms with Crippen molar-refractivity contribution in [2.45, 2.75) is 31.6 Å². The van der Waals surface area contributed by atoms with E-state index < -0.39 is 0 Å². The molecule has 0 fully saturated rings. The Hall–Kier alpha value is -1.53. The first kappa shape index (κ1) is 12.9. The first-order chi connectivity index (χ1) is 8.86. The number of rotatable bonds is 6. The Morgan fingerprint density at radius 3 is 2.94 bits per heavy atom. The van der Waals surface area contributed by atoms with Crippen LogP contribution in [0.15, 0.2) is 24.3 Å². The number of nitrogens with zero attached hydrogens (tertiary/aromatic N) is 2. The molecule has 1 unspecified atom stereocenters. The normalized spacial score (nSPS) is 17.6. The molecule has 96 valence electrons. The Morgan fingerprint density at radius 2 is 2.17 bits per heavy atom. The summed E-state index contributed by atoms with van der Waals surface area (Å²) >= 11 is 0. The first-order valence-corrected chi connectivity index (χ1v) is 6.77. The van der Waals surface area contributed by atoms with E-state index >= 15 is 0 Å². The molecule has 0 radical (unpaired) electrons. The lowest BCUT2D eigenvalue weighted by molar-refractivity contribution is 0.628. The van der Waals surface area contributed by atoms with Crippen LogP contribution in [0.1, 0.15) is 37.2 Å². The van der Waals surface area contributed by atoms with Gasteiger partial charge in [0.2, 0.25) is 0 Å². The number of hydrogen-bond acceptors (Lipinski definition) is 3. The molecule has 2 N–H and O–H groups in total. The van der Waals surface area contributed by atoms with Gasteiger partial charge < -0.3 is 10.6 Å². The summed E-state index contributed by atoms with van der Waals surface area (Å²) in [5.74, 6) is 0.585. The van der Waals surface area contributed by atoms with E-state index in [1.807, 2.05) is 0 Å². The number of fused-ring (bicyclic) bond motifs is 1. The molecule has 18 heavy (non-hydrogen) atoms. The summed E-state index contributed by atoms with van der Waals surface area (Å²) in [5, 5.41) is 8.55. The molecule has 0 amide bonds. The number of hydrogen-bond donors (Lipinski definition) is 1. The maximum absolute atomic E-state index is 8.55. The van der Waals surface area contributed by atoms with Crippen LogP contribution in [-0.4, -0.2) is 19.6 Å². The number of nitrogens with two attached hydrogens (primary N) is 1. The first-order valence-electron chi connectivity index (χ1n) is 6.77. The van der Waals surface area contributed by atoms with E-state index in [0.29, 0.717) is 12.3 Å². The van der Waals surface area contributed by atoms with E-state index in [0.717, 1.165) is 38.9 Å². The highest BCUT2D eigenvalue weighted by atomic mass is 15.2. The minimum Gasteiger partial charge on any atom is -0.371 e. The maximum Gasteiger partial charge on any atom is 0.0621 e. The Labute approximate surface area is 109 Å². The molecule has 0 aromatic heterocycles. The molecule has 1 atom stereocenters. The molecule has 0 saturated carbocycles. The molecule has 1 aromatic rings. The van der Waals surface area contributed by atoms with Gasteiger partial charge in [-0.3, -0.25) is 0 Å². The maximum atomic E-state index is 8.55. The van der Waals surface area contributed by atoms with Crippen molar-refractivity contribution < 1.29 is 0 Å². The summed E-state index contributed by atoms with van der Waals surface area (Å²) in [5.41, 5.74) is 8.51. The highest BCUT2D eigenvalue weighted by Crippen LogP contribution is 2.37. The van der Waals surface area contributed by atoms with Crippen LogP contribution in [0.4, 0.5) is 5.69 Å². The van der Waals surface area contributed by atoms with Gasteiger partial charge in [-0.1, -0.05) is 18.2 Å². The Balaban J connectivity index is 1.99. The number of benzene rings is 1. The average molecular weight is 243 g/mol. The minimum absolute atomic E-state index is 0.585. The monoisotopic (exact) mass is 243 g/mol. The fourth-order valence-corrected chi connectivity index (χ4v) is 2.75. The van der Waals surface area contributed by atoms with Gasteiger partial charge in [0.05, 0.1) is 6.07 Å². The summed E-state index contributed by atoms with van der Waals surface area (Å²) in [7, 11) is 0. The standard InChI is InChI=1S/C15H21N3/c16-9-4-1-5-11-18-12-13(8-10-17)14-6-2-3-7-15(14)18/h2-3,6-7,13H,1,4-5,8,10-12,17H2. The molecule has 1 aliphatic rings. The van der Waals surface area contributed by atoms with E-state index in [1.54, 1.807) is 0 Å². The van der Waals surface area contributed by atoms with Crippen molar-refractivity contribution in [1.82, 2.24) is 0 Å². The van der Waals surface area contributed by atoms with Crippen molar-refractivity contribution in [1.29, 1.82) is 5.26 Å². The second kappa shape index (κ2) is 6.42. The largest absolute Gasteiger partial charge is 0.371 e. The van der Waals surface area contributed by atoms with Gasteiger partial charge in [-0.15, -0.1) is 0 Å². The molecule has 0 saturated heterocycles. The number of anilines is 1. The van der Waals surface area contributed by atoms with Crippen LogP contribution < -0.4 is 10.6 Å². The summed E-state index contributed by atoms with van der Waals surface area (Å²) in [4.78, 5) is 2.45. The summed E-state index contributed by atoms with van der Waals surface area (Å²) in [6, 6.07) is 10.9. The molecule has 1 aliphatic heterocycles. The van der Waals surface area contributed by atoms with Gasteiger partial charge in [0.15, 0.2) is 0 Å². The van der Waals surface area contributed by atoms with Gasteiger partial charge in [0, 0.05) is 31.1 Å². The Bertz CT molecular complexity index is 422. The van der Waals surface area contributed by atoms with E-state index in [1.165, 1.54) is 11.3 Å². The Morgan fingerprint density at radius 1 is 1.33 bits per heavy atom. The van der Waals surface area contributed by atoms with Crippen molar-refractivity contribution in [3.63, 3.8) is 0 Å². The van der Waals surface area contributed by atoms with Gasteiger partial charge in [-0.25, -0.2) is 0 Å². The van der Waals surface area contributed by atoms with Crippen LogP contribution in [0, 0.1) is 11.3 Å². The third-order valence-corrected chi connectivity index (χ3v) is 3.64. The molecule has 0 spiro atoms. The van der Waals surface area contributed by atoms with Gasteiger partial charge >= 0.3 is 0 Å². The topological polar surface area (TPSA) is 53.0 Å². The number of para-hydroxylation sites is 1. The van der Waals surface area contributed by atoms with Crippen LogP contribution in [0.3, 0.4) is 0 Å². The van der Waals surface area contributed by atoms with Crippen molar-refractivity contribution in [3.8, 4) is 6.07 Å². The van der Waals surface area contributed by atoms with Crippen molar-refractivity contribution in [2.24, 2.45) is 5.73 Å². The lowest BCUT2D eigenvalue weighted by atomic mass is 9.98. The van der Waals surface area contributed by atoms with E-state index in [4.69, 9.17) is 11.0 Å². The summed E-state index contributed by atoms with van der Waals surface area (Å²) < 4.78 is 0. The SMILES string of the molecule is N#CCCCCN1CC(CCN)c2ccccc21. The van der Waals surface area contributed by atoms with E-state index in [-0.39, 0.29) is 0 Å². The zero-order valence-electron chi connectivity index (χ0n) is 10.8. The van der Waals surface area contributed by atoms with Gasteiger partial charge in [0.1, 0.15) is 0 Å². The van der Waals surface area contributed by atoms with Crippen LogP contribution in [-0.2, 0) is 0 Å². The number of unbranched alkanes of at least 4 members (excludes halogenated alkanes) is 2. The van der Waals surface area contributed by atoms with Crippen LogP contribution >= 0.6 is 0 Å². The molecule has 3 nitrogen and oxygen atoms in total. The van der Waals surface area contributed by atoms with Gasteiger partial charge in [-0.2, -0.15) is 5.26 Å². The third kappa shape index (κ3) is 2.83. The fourth-order valence-electron chi connectivity index (χ4n) is 2.75. The zero-order valence-corrected chi connectivity index (χ0v) is 10.8. The second-order valence-corrected chi connectivity index (χ2v) is 4.89. The average Bonchev–Trinajstić information content (AvgIpc) is 2.74. The van der Waals surface area contributed by atoms with Crippen LogP contribution in [0.2, 0.25) is 0 Å². The van der Waals surface area contributed by atoms with Crippen molar-refractivity contribution >= 4 is 5.69 Å². The highest BCUT2D eigenvalue weighted by Gasteiger charge is 2.26. The molecule has 0 aliphatic carbocycles. The minimum atomic E-state index is 0.585. The molecule has 1 heterocycles. The van der Waals surface area contributed by atoms with Crippen LogP contribution in [0.25, 0.3) is 0 Å². The quantitative estimate of drug-likeness (QED) is 0.781. The molecule has 2 rings (SSSR count). The Kier molecular flexibility index (Phi) is 4.60. The van der Waals surface area contributed by atoms with E-state index in [2.05, 4.69) is 35.2 Å². The van der Waals surface area contributed by atoms with Gasteiger partial charge in [0.25, 0.3) is 0 Å². The summed E-state index contributed by atoms with van der Waals surface area (Å²) in [6.07, 6.45) is 3.82. The predicted molar refractivity (Wildman–Crippen MR) is 74.5 cm³/mol. The molecular formula is C15H21N3. The van der Waals surface area contributed by atoms with Crippen molar-refractivity contribution in [2.75, 3.05) is 24.5 Å². The molecular weight excluding hydrogens is 222 g/mol. The third-order valence-electron chi connectivity index (χ3n) is 3.64. The molecule has 3 heteroatoms. The smallest absolute Gasteiger partial charge is 0.0621 e. The molecule has 1 aromatic carbocycles. The predicted octanol–water partition coefficient (Wildman–Crippen LogP) is 2.63. The summed E-state index contributed by atoms with van der Waals surface area (Å²) in [6.45, 7) is 2.89. The number of nitriles is 1. The van der Waals surface area contributed by atoms with Crippen molar-refractivity contribution in [3.05, 3.63) is 29.8 Å². The van der Waals surface area contributed by atoms with Gasteiger partial charge in [-0.05, 0) is 37.4 Å².